The summed E-state index contributed by atoms with van der Waals surface area (Å²) in [4.78, 5) is 28.1. The lowest BCUT2D eigenvalue weighted by Gasteiger charge is -2.36. The quantitative estimate of drug-likeness (QED) is 0.655. The van der Waals surface area contributed by atoms with Gasteiger partial charge < -0.3 is 19.4 Å². The number of nitrogens with one attached hydrogen (secondary N) is 1. The van der Waals surface area contributed by atoms with Gasteiger partial charge >= 0.3 is 5.63 Å². The Morgan fingerprint density at radius 3 is 2.47 bits per heavy atom. The van der Waals surface area contributed by atoms with Crippen LogP contribution in [0.2, 0.25) is 0 Å². The molecule has 0 bridgehead atoms. The molecular formula is C23H25N3O4. The molecule has 7 heteroatoms. The Bertz CT molecular complexity index is 1100. The number of methoxy groups -OCH3 is 1. The highest BCUT2D eigenvalue weighted by molar-refractivity contribution is 5.92. The number of piperazine rings is 1. The van der Waals surface area contributed by atoms with Crippen LogP contribution in [0.3, 0.4) is 0 Å². The van der Waals surface area contributed by atoms with E-state index >= 15 is 0 Å². The standard InChI is InChI=1S/C23H25N3O4/c1-16(27)24-18-3-8-21-17(13-23(28)30-22(21)14-18)15-25-9-11-26(12-10-25)19-4-6-20(29-2)7-5-19/h3-8,13-14H,9-12,15H2,1-2H3,(H,24,27). The van der Waals surface area contributed by atoms with Gasteiger partial charge in [0.1, 0.15) is 11.3 Å². The molecule has 3 aromatic rings. The Morgan fingerprint density at radius 2 is 1.80 bits per heavy atom. The molecule has 1 fully saturated rings. The number of fused-ring (bicyclic) bond motifs is 1. The van der Waals surface area contributed by atoms with Gasteiger partial charge in [-0.15, -0.1) is 0 Å². The third-order valence-corrected chi connectivity index (χ3v) is 5.35. The molecule has 2 aromatic carbocycles. The van der Waals surface area contributed by atoms with Gasteiger partial charge in [0.2, 0.25) is 5.91 Å². The Labute approximate surface area is 174 Å². The molecule has 1 aliphatic heterocycles. The number of nitrogens with zero attached hydrogens (tertiary/aromatic N) is 2. The summed E-state index contributed by atoms with van der Waals surface area (Å²) in [5, 5.41) is 3.61. The molecule has 4 rings (SSSR count). The topological polar surface area (TPSA) is 75.0 Å². The van der Waals surface area contributed by atoms with Crippen LogP contribution in [-0.2, 0) is 11.3 Å². The van der Waals surface area contributed by atoms with Crippen LogP contribution in [-0.4, -0.2) is 44.1 Å². The zero-order valence-electron chi connectivity index (χ0n) is 17.2. The smallest absolute Gasteiger partial charge is 0.336 e. The summed E-state index contributed by atoms with van der Waals surface area (Å²) in [6.07, 6.45) is 0. The average Bonchev–Trinajstić information content (AvgIpc) is 2.73. The minimum absolute atomic E-state index is 0.164. The van der Waals surface area contributed by atoms with Crippen molar-refractivity contribution in [2.75, 3.05) is 43.5 Å². The highest BCUT2D eigenvalue weighted by Gasteiger charge is 2.19. The van der Waals surface area contributed by atoms with E-state index in [9.17, 15) is 9.59 Å². The second-order valence-electron chi connectivity index (χ2n) is 7.44. The van der Waals surface area contributed by atoms with Gasteiger partial charge in [-0.25, -0.2) is 4.79 Å². The van der Waals surface area contributed by atoms with E-state index in [1.807, 2.05) is 24.3 Å². The Morgan fingerprint density at radius 1 is 1.07 bits per heavy atom. The number of ether oxygens (including phenoxy) is 1. The summed E-state index contributed by atoms with van der Waals surface area (Å²) in [5.74, 6) is 0.691. The first-order valence-corrected chi connectivity index (χ1v) is 9.97. The fourth-order valence-electron chi connectivity index (χ4n) is 3.84. The number of hydrogen-bond acceptors (Lipinski definition) is 6. The van der Waals surface area contributed by atoms with Crippen molar-refractivity contribution in [1.29, 1.82) is 0 Å². The fraction of sp³-hybridized carbons (Fsp3) is 0.304. The van der Waals surface area contributed by atoms with Crippen molar-refractivity contribution in [1.82, 2.24) is 4.90 Å². The number of rotatable bonds is 5. The van der Waals surface area contributed by atoms with Crippen LogP contribution < -0.4 is 20.6 Å². The van der Waals surface area contributed by atoms with E-state index in [4.69, 9.17) is 9.15 Å². The Kier molecular flexibility index (Phi) is 5.72. The summed E-state index contributed by atoms with van der Waals surface area (Å²) in [5.41, 5.74) is 2.85. The zero-order chi connectivity index (χ0) is 21.1. The van der Waals surface area contributed by atoms with Crippen molar-refractivity contribution in [2.45, 2.75) is 13.5 Å². The summed E-state index contributed by atoms with van der Waals surface area (Å²) in [7, 11) is 1.67. The maximum absolute atomic E-state index is 12.1. The molecule has 0 saturated carbocycles. The van der Waals surface area contributed by atoms with Crippen LogP contribution in [0, 0.1) is 0 Å². The number of benzene rings is 2. The van der Waals surface area contributed by atoms with Gasteiger partial charge in [-0.2, -0.15) is 0 Å². The number of carbonyl (C=O) groups excluding carboxylic acids is 1. The average molecular weight is 407 g/mol. The van der Waals surface area contributed by atoms with Gasteiger partial charge in [0.15, 0.2) is 0 Å². The molecule has 30 heavy (non-hydrogen) atoms. The first kappa shape index (κ1) is 20.0. The van der Waals surface area contributed by atoms with Crippen molar-refractivity contribution < 1.29 is 13.9 Å². The van der Waals surface area contributed by atoms with E-state index in [1.165, 1.54) is 12.6 Å². The van der Waals surface area contributed by atoms with Gasteiger partial charge in [0, 0.05) is 68.5 Å². The molecule has 0 unspecified atom stereocenters. The van der Waals surface area contributed by atoms with E-state index in [0.29, 0.717) is 17.8 Å². The third-order valence-electron chi connectivity index (χ3n) is 5.35. The highest BCUT2D eigenvalue weighted by atomic mass is 16.5. The summed E-state index contributed by atoms with van der Waals surface area (Å²) in [6.45, 7) is 5.76. The fourth-order valence-corrected chi connectivity index (χ4v) is 3.84. The van der Waals surface area contributed by atoms with Crippen LogP contribution in [0.25, 0.3) is 11.0 Å². The van der Waals surface area contributed by atoms with Crippen LogP contribution in [0.5, 0.6) is 5.75 Å². The maximum atomic E-state index is 12.1. The normalized spacial score (nSPS) is 14.7. The van der Waals surface area contributed by atoms with E-state index in [1.54, 1.807) is 19.2 Å². The molecule has 1 aromatic heterocycles. The predicted octanol–water partition coefficient (Wildman–Crippen LogP) is 3.08. The van der Waals surface area contributed by atoms with E-state index in [2.05, 4.69) is 27.2 Å². The number of hydrogen-bond donors (Lipinski definition) is 1. The molecule has 156 valence electrons. The van der Waals surface area contributed by atoms with Gasteiger partial charge in [0.05, 0.1) is 7.11 Å². The number of carbonyl (C=O) groups is 1. The molecule has 2 heterocycles. The van der Waals surface area contributed by atoms with E-state index < -0.39 is 0 Å². The minimum Gasteiger partial charge on any atom is -0.497 e. The van der Waals surface area contributed by atoms with Crippen LogP contribution >= 0.6 is 0 Å². The second kappa shape index (κ2) is 8.59. The molecule has 1 saturated heterocycles. The molecule has 1 N–H and O–H groups in total. The number of amides is 1. The van der Waals surface area contributed by atoms with Crippen LogP contribution in [0.4, 0.5) is 11.4 Å². The molecule has 0 spiro atoms. The largest absolute Gasteiger partial charge is 0.497 e. The molecule has 0 radical (unpaired) electrons. The summed E-state index contributed by atoms with van der Waals surface area (Å²) >= 11 is 0. The molecule has 0 aliphatic carbocycles. The first-order chi connectivity index (χ1) is 14.5. The van der Waals surface area contributed by atoms with Gasteiger partial charge in [-0.1, -0.05) is 0 Å². The van der Waals surface area contributed by atoms with Crippen molar-refractivity contribution in [3.05, 3.63) is 64.5 Å². The van der Waals surface area contributed by atoms with E-state index in [-0.39, 0.29) is 11.5 Å². The van der Waals surface area contributed by atoms with Crippen molar-refractivity contribution >= 4 is 28.3 Å². The SMILES string of the molecule is COc1ccc(N2CCN(Cc3cc(=O)oc4cc(NC(C)=O)ccc34)CC2)cc1. The van der Waals surface area contributed by atoms with E-state index in [0.717, 1.165) is 42.9 Å². The van der Waals surface area contributed by atoms with Crippen molar-refractivity contribution in [3.63, 3.8) is 0 Å². The Balaban J connectivity index is 1.46. The van der Waals surface area contributed by atoms with Gasteiger partial charge in [-0.05, 0) is 42.0 Å². The minimum atomic E-state index is -0.380. The molecule has 1 aliphatic rings. The van der Waals surface area contributed by atoms with Crippen LogP contribution in [0.1, 0.15) is 12.5 Å². The lowest BCUT2D eigenvalue weighted by Crippen LogP contribution is -2.46. The van der Waals surface area contributed by atoms with Gasteiger partial charge in [-0.3, -0.25) is 9.69 Å². The Hall–Kier alpha value is -3.32. The maximum Gasteiger partial charge on any atom is 0.336 e. The molecule has 1 amide bonds. The van der Waals surface area contributed by atoms with Crippen molar-refractivity contribution in [3.8, 4) is 5.75 Å². The zero-order valence-corrected chi connectivity index (χ0v) is 17.2. The molecular weight excluding hydrogens is 382 g/mol. The third kappa shape index (κ3) is 4.46. The van der Waals surface area contributed by atoms with Crippen molar-refractivity contribution in [2.24, 2.45) is 0 Å². The lowest BCUT2D eigenvalue weighted by molar-refractivity contribution is -0.114. The predicted molar refractivity (Wildman–Crippen MR) is 117 cm³/mol. The highest BCUT2D eigenvalue weighted by Crippen LogP contribution is 2.24. The molecule has 7 nitrogen and oxygen atoms in total. The van der Waals surface area contributed by atoms with Crippen LogP contribution in [0.15, 0.2) is 57.7 Å². The van der Waals surface area contributed by atoms with Gasteiger partial charge in [0.25, 0.3) is 0 Å². The summed E-state index contributed by atoms with van der Waals surface area (Å²) in [6, 6.07) is 15.1. The second-order valence-corrected chi connectivity index (χ2v) is 7.44. The first-order valence-electron chi connectivity index (χ1n) is 9.97. The number of anilines is 2. The lowest BCUT2D eigenvalue weighted by atomic mass is 10.1. The molecule has 0 atom stereocenters. The monoisotopic (exact) mass is 407 g/mol. The summed E-state index contributed by atoms with van der Waals surface area (Å²) < 4.78 is 10.6.